The van der Waals surface area contributed by atoms with E-state index in [2.05, 4.69) is 0 Å². The summed E-state index contributed by atoms with van der Waals surface area (Å²) in [6, 6.07) is 7.20. The molecule has 0 unspecified atom stereocenters. The third kappa shape index (κ3) is 1.98. The highest BCUT2D eigenvalue weighted by molar-refractivity contribution is 5.29. The van der Waals surface area contributed by atoms with Crippen molar-refractivity contribution >= 4 is 0 Å². The number of hydrogen-bond donors (Lipinski definition) is 0. The van der Waals surface area contributed by atoms with Crippen LogP contribution < -0.4 is 4.74 Å². The van der Waals surface area contributed by atoms with Crippen LogP contribution in [0.1, 0.15) is 19.4 Å². The van der Waals surface area contributed by atoms with Gasteiger partial charge in [-0.2, -0.15) is 0 Å². The topological polar surface area (TPSA) is 29.1 Å². The van der Waals surface area contributed by atoms with Crippen LogP contribution in [0.4, 0.5) is 0 Å². The van der Waals surface area contributed by atoms with Gasteiger partial charge in [-0.15, -0.1) is 0 Å². The fraction of sp³-hybridized carbons (Fsp3) is 0.400. The summed E-state index contributed by atoms with van der Waals surface area (Å²) in [5, 5.41) is 11.5. The molecule has 0 N–H and O–H groups in total. The maximum absolute atomic E-state index is 11.5. The van der Waals surface area contributed by atoms with Crippen molar-refractivity contribution in [1.82, 2.24) is 0 Å². The highest BCUT2D eigenvalue weighted by Gasteiger charge is 2.17. The minimum atomic E-state index is -1.02. The summed E-state index contributed by atoms with van der Waals surface area (Å²) in [6.07, 6.45) is 0. The SMILES string of the molecule is COc1ccc(C(C)(C)[O])cc1. The van der Waals surface area contributed by atoms with Gasteiger partial charge in [0.25, 0.3) is 0 Å². The van der Waals surface area contributed by atoms with Gasteiger partial charge in [0.1, 0.15) is 11.4 Å². The van der Waals surface area contributed by atoms with E-state index < -0.39 is 5.60 Å². The standard InChI is InChI=1S/C10H13O2/c1-10(2,11)8-4-6-9(12-3)7-5-8/h4-7H,1-3H3. The largest absolute Gasteiger partial charge is 0.497 e. The van der Waals surface area contributed by atoms with E-state index in [1.165, 1.54) is 0 Å². The van der Waals surface area contributed by atoms with Crippen molar-refractivity contribution in [3.05, 3.63) is 29.8 Å². The molecule has 0 amide bonds. The first-order chi connectivity index (χ1) is 5.54. The second-order valence-corrected chi connectivity index (χ2v) is 3.24. The smallest absolute Gasteiger partial charge is 0.123 e. The Bertz CT molecular complexity index is 244. The predicted molar refractivity (Wildman–Crippen MR) is 46.7 cm³/mol. The van der Waals surface area contributed by atoms with E-state index in [0.717, 1.165) is 11.3 Å². The number of methoxy groups -OCH3 is 1. The van der Waals surface area contributed by atoms with E-state index in [1.807, 2.05) is 0 Å². The van der Waals surface area contributed by atoms with Crippen LogP contribution in [0, 0.1) is 0 Å². The van der Waals surface area contributed by atoms with Crippen LogP contribution in [0.15, 0.2) is 24.3 Å². The molecule has 0 aliphatic heterocycles. The van der Waals surface area contributed by atoms with Gasteiger partial charge in [0.15, 0.2) is 0 Å². The number of hydrogen-bond acceptors (Lipinski definition) is 1. The van der Waals surface area contributed by atoms with Crippen molar-refractivity contribution in [2.24, 2.45) is 0 Å². The lowest BCUT2D eigenvalue weighted by Gasteiger charge is -2.14. The molecular weight excluding hydrogens is 152 g/mol. The average molecular weight is 165 g/mol. The first-order valence-electron chi connectivity index (χ1n) is 3.89. The quantitative estimate of drug-likeness (QED) is 0.661. The summed E-state index contributed by atoms with van der Waals surface area (Å²) < 4.78 is 4.98. The Hall–Kier alpha value is -1.02. The van der Waals surface area contributed by atoms with Crippen LogP contribution in [0.3, 0.4) is 0 Å². The number of ether oxygens (including phenoxy) is 1. The Morgan fingerprint density at radius 3 is 2.00 bits per heavy atom. The molecule has 2 nitrogen and oxygen atoms in total. The minimum Gasteiger partial charge on any atom is -0.497 e. The average Bonchev–Trinajstić information content (AvgIpc) is 2.03. The van der Waals surface area contributed by atoms with Crippen molar-refractivity contribution < 1.29 is 9.84 Å². The van der Waals surface area contributed by atoms with Crippen LogP contribution >= 0.6 is 0 Å². The highest BCUT2D eigenvalue weighted by Crippen LogP contribution is 2.22. The lowest BCUT2D eigenvalue weighted by atomic mass is 9.99. The molecule has 1 aromatic rings. The molecule has 65 valence electrons. The van der Waals surface area contributed by atoms with Crippen LogP contribution in [0.5, 0.6) is 5.75 Å². The fourth-order valence-electron chi connectivity index (χ4n) is 0.992. The molecule has 2 heteroatoms. The minimum absolute atomic E-state index is 0.781. The van der Waals surface area contributed by atoms with Gasteiger partial charge >= 0.3 is 0 Å². The van der Waals surface area contributed by atoms with E-state index in [0.29, 0.717) is 0 Å². The molecule has 0 spiro atoms. The molecule has 0 aliphatic carbocycles. The molecule has 0 saturated heterocycles. The molecule has 1 radical (unpaired) electrons. The van der Waals surface area contributed by atoms with Crippen molar-refractivity contribution in [2.75, 3.05) is 7.11 Å². The molecule has 0 aliphatic rings. The maximum atomic E-state index is 11.5. The third-order valence-corrected chi connectivity index (χ3v) is 1.79. The van der Waals surface area contributed by atoms with Crippen LogP contribution in [-0.2, 0) is 10.7 Å². The Kier molecular flexibility index (Phi) is 2.38. The van der Waals surface area contributed by atoms with E-state index in [1.54, 1.807) is 45.2 Å². The molecule has 12 heavy (non-hydrogen) atoms. The molecule has 0 heterocycles. The fourth-order valence-corrected chi connectivity index (χ4v) is 0.992. The molecular formula is C10H13O2. The zero-order valence-electron chi connectivity index (χ0n) is 7.63. The Morgan fingerprint density at radius 2 is 1.67 bits per heavy atom. The Morgan fingerprint density at radius 1 is 1.17 bits per heavy atom. The molecule has 0 fully saturated rings. The van der Waals surface area contributed by atoms with E-state index in [-0.39, 0.29) is 0 Å². The predicted octanol–water partition coefficient (Wildman–Crippen LogP) is 2.36. The summed E-state index contributed by atoms with van der Waals surface area (Å²) in [7, 11) is 1.61. The van der Waals surface area contributed by atoms with Crippen molar-refractivity contribution in [3.8, 4) is 5.75 Å². The Labute approximate surface area is 72.8 Å². The summed E-state index contributed by atoms with van der Waals surface area (Å²) >= 11 is 0. The summed E-state index contributed by atoms with van der Waals surface area (Å²) in [6.45, 7) is 3.30. The van der Waals surface area contributed by atoms with E-state index in [4.69, 9.17) is 4.74 Å². The van der Waals surface area contributed by atoms with Gasteiger partial charge in [0.2, 0.25) is 0 Å². The normalized spacial score (nSPS) is 11.3. The highest BCUT2D eigenvalue weighted by atomic mass is 16.5. The molecule has 0 bridgehead atoms. The van der Waals surface area contributed by atoms with Gasteiger partial charge in [-0.3, -0.25) is 0 Å². The number of rotatable bonds is 2. The van der Waals surface area contributed by atoms with Gasteiger partial charge in [-0.25, -0.2) is 5.11 Å². The molecule has 0 atom stereocenters. The maximum Gasteiger partial charge on any atom is 0.123 e. The van der Waals surface area contributed by atoms with Crippen LogP contribution in [0.25, 0.3) is 0 Å². The van der Waals surface area contributed by atoms with E-state index >= 15 is 0 Å². The zero-order chi connectivity index (χ0) is 9.19. The van der Waals surface area contributed by atoms with Crippen LogP contribution in [0.2, 0.25) is 0 Å². The summed E-state index contributed by atoms with van der Waals surface area (Å²) in [4.78, 5) is 0. The zero-order valence-corrected chi connectivity index (χ0v) is 7.63. The van der Waals surface area contributed by atoms with E-state index in [9.17, 15) is 5.11 Å². The first kappa shape index (κ1) is 9.07. The van der Waals surface area contributed by atoms with Crippen LogP contribution in [-0.4, -0.2) is 7.11 Å². The van der Waals surface area contributed by atoms with Gasteiger partial charge in [-0.1, -0.05) is 12.1 Å². The lowest BCUT2D eigenvalue weighted by molar-refractivity contribution is -0.000125. The summed E-state index contributed by atoms with van der Waals surface area (Å²) in [5.74, 6) is 0.781. The van der Waals surface area contributed by atoms with Crippen molar-refractivity contribution in [2.45, 2.75) is 19.4 Å². The summed E-state index contributed by atoms with van der Waals surface area (Å²) in [5.41, 5.74) is -0.241. The first-order valence-corrected chi connectivity index (χ1v) is 3.89. The molecule has 1 aromatic carbocycles. The monoisotopic (exact) mass is 165 g/mol. The van der Waals surface area contributed by atoms with Gasteiger partial charge < -0.3 is 4.74 Å². The van der Waals surface area contributed by atoms with Crippen molar-refractivity contribution in [1.29, 1.82) is 0 Å². The third-order valence-electron chi connectivity index (χ3n) is 1.79. The molecule has 1 rings (SSSR count). The van der Waals surface area contributed by atoms with Gasteiger partial charge in [0, 0.05) is 0 Å². The lowest BCUT2D eigenvalue weighted by Crippen LogP contribution is -2.12. The second kappa shape index (κ2) is 3.15. The molecule has 0 aromatic heterocycles. The Balaban J connectivity index is 2.93. The number of benzene rings is 1. The molecule has 0 saturated carbocycles. The van der Waals surface area contributed by atoms with Crippen molar-refractivity contribution in [3.63, 3.8) is 0 Å². The van der Waals surface area contributed by atoms with Gasteiger partial charge in [-0.05, 0) is 31.5 Å². The second-order valence-electron chi connectivity index (χ2n) is 3.24. The van der Waals surface area contributed by atoms with Gasteiger partial charge in [0.05, 0.1) is 7.11 Å².